The third-order valence-corrected chi connectivity index (χ3v) is 2.92. The number of nitriles is 1. The zero-order valence-corrected chi connectivity index (χ0v) is 8.89. The van der Waals surface area contributed by atoms with E-state index in [1.165, 1.54) is 12.8 Å². The molecule has 0 aliphatic heterocycles. The van der Waals surface area contributed by atoms with Crippen molar-refractivity contribution in [1.82, 2.24) is 0 Å². The van der Waals surface area contributed by atoms with Crippen LogP contribution in [-0.2, 0) is 0 Å². The number of rotatable bonds is 5. The highest BCUT2D eigenvalue weighted by Crippen LogP contribution is 2.19. The molecule has 0 fully saturated rings. The van der Waals surface area contributed by atoms with Crippen LogP contribution in [0.15, 0.2) is 0 Å². The molecule has 1 unspecified atom stereocenters. The van der Waals surface area contributed by atoms with E-state index in [1.54, 1.807) is 0 Å². The lowest BCUT2D eigenvalue weighted by molar-refractivity contribution is 0.417. The predicted octanol–water partition coefficient (Wildman–Crippen LogP) is 3.35. The summed E-state index contributed by atoms with van der Waals surface area (Å²) in [6.45, 7) is 4.38. The summed E-state index contributed by atoms with van der Waals surface area (Å²) in [4.78, 5) is 0. The van der Waals surface area contributed by atoms with E-state index in [4.69, 9.17) is 5.26 Å². The average molecular weight is 218 g/mol. The molecule has 1 nitrogen and oxygen atoms in total. The van der Waals surface area contributed by atoms with Crippen molar-refractivity contribution in [1.29, 1.82) is 5.26 Å². The molecule has 0 spiro atoms. The van der Waals surface area contributed by atoms with Crippen molar-refractivity contribution in [2.45, 2.75) is 33.1 Å². The highest BCUT2D eigenvalue weighted by Gasteiger charge is 2.11. The summed E-state index contributed by atoms with van der Waals surface area (Å²) in [7, 11) is 0. The quantitative estimate of drug-likeness (QED) is 0.649. The SMILES string of the molecule is CCC(CC)CC(C#N)CBr. The maximum Gasteiger partial charge on any atom is 0.0664 e. The van der Waals surface area contributed by atoms with Gasteiger partial charge in [-0.05, 0) is 12.3 Å². The van der Waals surface area contributed by atoms with E-state index in [2.05, 4.69) is 35.8 Å². The fourth-order valence-electron chi connectivity index (χ4n) is 1.17. The Hall–Kier alpha value is -0.0300. The maximum atomic E-state index is 8.69. The van der Waals surface area contributed by atoms with Crippen LogP contribution < -0.4 is 0 Å². The second-order valence-corrected chi connectivity index (χ2v) is 3.55. The summed E-state index contributed by atoms with van der Waals surface area (Å²) in [6, 6.07) is 2.30. The minimum absolute atomic E-state index is 0.208. The van der Waals surface area contributed by atoms with E-state index in [9.17, 15) is 0 Å². The van der Waals surface area contributed by atoms with E-state index in [0.717, 1.165) is 17.7 Å². The number of alkyl halides is 1. The third kappa shape index (κ3) is 4.42. The average Bonchev–Trinajstić information content (AvgIpc) is 2.07. The molecule has 0 saturated heterocycles. The molecule has 0 N–H and O–H groups in total. The van der Waals surface area contributed by atoms with Crippen LogP contribution in [0.3, 0.4) is 0 Å². The van der Waals surface area contributed by atoms with Gasteiger partial charge < -0.3 is 0 Å². The first-order valence-electron chi connectivity index (χ1n) is 4.23. The zero-order chi connectivity index (χ0) is 8.69. The van der Waals surface area contributed by atoms with E-state index in [0.29, 0.717) is 0 Å². The van der Waals surface area contributed by atoms with Crippen LogP contribution in [0.25, 0.3) is 0 Å². The molecule has 0 aromatic carbocycles. The third-order valence-electron chi connectivity index (χ3n) is 2.14. The zero-order valence-electron chi connectivity index (χ0n) is 7.31. The predicted molar refractivity (Wildman–Crippen MR) is 51.6 cm³/mol. The summed E-state index contributed by atoms with van der Waals surface area (Å²) < 4.78 is 0. The normalized spacial score (nSPS) is 13.0. The molecule has 11 heavy (non-hydrogen) atoms. The van der Waals surface area contributed by atoms with Crippen molar-refractivity contribution in [2.24, 2.45) is 11.8 Å². The molecule has 0 saturated carbocycles. The number of halogens is 1. The Morgan fingerprint density at radius 3 is 2.18 bits per heavy atom. The van der Waals surface area contributed by atoms with Crippen molar-refractivity contribution >= 4 is 15.9 Å². The van der Waals surface area contributed by atoms with Crippen LogP contribution >= 0.6 is 15.9 Å². The first-order chi connectivity index (χ1) is 5.28. The molecule has 0 heterocycles. The smallest absolute Gasteiger partial charge is 0.0664 e. The van der Waals surface area contributed by atoms with Crippen LogP contribution in [0, 0.1) is 23.2 Å². The Kier molecular flexibility index (Phi) is 6.65. The molecule has 0 bridgehead atoms. The summed E-state index contributed by atoms with van der Waals surface area (Å²) in [5, 5.41) is 9.51. The second-order valence-electron chi connectivity index (χ2n) is 2.90. The van der Waals surface area contributed by atoms with Gasteiger partial charge in [0.1, 0.15) is 0 Å². The monoisotopic (exact) mass is 217 g/mol. The second kappa shape index (κ2) is 6.67. The fraction of sp³-hybridized carbons (Fsp3) is 0.889. The van der Waals surface area contributed by atoms with Gasteiger partial charge in [0, 0.05) is 5.33 Å². The van der Waals surface area contributed by atoms with Crippen molar-refractivity contribution in [3.63, 3.8) is 0 Å². The Morgan fingerprint density at radius 2 is 1.91 bits per heavy atom. The van der Waals surface area contributed by atoms with Crippen molar-refractivity contribution in [3.8, 4) is 6.07 Å². The van der Waals surface area contributed by atoms with E-state index in [1.807, 2.05) is 0 Å². The number of hydrogen-bond donors (Lipinski definition) is 0. The summed E-state index contributed by atoms with van der Waals surface area (Å²) in [6.07, 6.45) is 3.44. The molecule has 0 aliphatic rings. The first-order valence-corrected chi connectivity index (χ1v) is 5.36. The number of hydrogen-bond acceptors (Lipinski definition) is 1. The minimum Gasteiger partial charge on any atom is -0.198 e. The highest BCUT2D eigenvalue weighted by molar-refractivity contribution is 9.09. The van der Waals surface area contributed by atoms with Crippen LogP contribution in [0.5, 0.6) is 0 Å². The minimum atomic E-state index is 0.208. The van der Waals surface area contributed by atoms with Gasteiger partial charge >= 0.3 is 0 Å². The largest absolute Gasteiger partial charge is 0.198 e. The topological polar surface area (TPSA) is 23.8 Å². The lowest BCUT2D eigenvalue weighted by atomic mass is 9.92. The summed E-state index contributed by atoms with van der Waals surface area (Å²) >= 11 is 3.34. The van der Waals surface area contributed by atoms with Gasteiger partial charge in [-0.25, -0.2) is 0 Å². The standard InChI is InChI=1S/C9H16BrN/c1-3-8(4-2)5-9(6-10)7-11/h8-9H,3-6H2,1-2H3. The number of nitrogens with zero attached hydrogens (tertiary/aromatic N) is 1. The molecule has 0 radical (unpaired) electrons. The molecule has 0 amide bonds. The van der Waals surface area contributed by atoms with Gasteiger partial charge in [0.2, 0.25) is 0 Å². The molecule has 0 rings (SSSR count). The van der Waals surface area contributed by atoms with E-state index in [-0.39, 0.29) is 5.92 Å². The van der Waals surface area contributed by atoms with E-state index < -0.39 is 0 Å². The molecule has 0 aliphatic carbocycles. The van der Waals surface area contributed by atoms with Gasteiger partial charge in [-0.15, -0.1) is 0 Å². The van der Waals surface area contributed by atoms with Crippen LogP contribution in [0.1, 0.15) is 33.1 Å². The summed E-state index contributed by atoms with van der Waals surface area (Å²) in [5.74, 6) is 0.942. The molecule has 2 heteroatoms. The first kappa shape index (κ1) is 11.0. The van der Waals surface area contributed by atoms with Crippen LogP contribution in [0.2, 0.25) is 0 Å². The Bertz CT molecular complexity index is 124. The van der Waals surface area contributed by atoms with Crippen molar-refractivity contribution < 1.29 is 0 Å². The van der Waals surface area contributed by atoms with Gasteiger partial charge in [0.15, 0.2) is 0 Å². The molecule has 64 valence electrons. The van der Waals surface area contributed by atoms with Crippen LogP contribution in [0.4, 0.5) is 0 Å². The van der Waals surface area contributed by atoms with Crippen molar-refractivity contribution in [3.05, 3.63) is 0 Å². The maximum absolute atomic E-state index is 8.69. The van der Waals surface area contributed by atoms with Crippen molar-refractivity contribution in [2.75, 3.05) is 5.33 Å². The highest BCUT2D eigenvalue weighted by atomic mass is 79.9. The molecule has 1 atom stereocenters. The van der Waals surface area contributed by atoms with Gasteiger partial charge in [-0.2, -0.15) is 5.26 Å². The molecular weight excluding hydrogens is 202 g/mol. The fourth-order valence-corrected chi connectivity index (χ4v) is 1.58. The molecule has 0 aromatic heterocycles. The van der Waals surface area contributed by atoms with Gasteiger partial charge in [-0.3, -0.25) is 0 Å². The lowest BCUT2D eigenvalue weighted by Crippen LogP contribution is -2.06. The van der Waals surface area contributed by atoms with E-state index >= 15 is 0 Å². The molecular formula is C9H16BrN. The Morgan fingerprint density at radius 1 is 1.36 bits per heavy atom. The van der Waals surface area contributed by atoms with Gasteiger partial charge in [0.05, 0.1) is 12.0 Å². The molecule has 0 aromatic rings. The van der Waals surface area contributed by atoms with Gasteiger partial charge in [-0.1, -0.05) is 42.6 Å². The lowest BCUT2D eigenvalue weighted by Gasteiger charge is -2.13. The summed E-state index contributed by atoms with van der Waals surface area (Å²) in [5.41, 5.74) is 0. The van der Waals surface area contributed by atoms with Crippen LogP contribution in [-0.4, -0.2) is 5.33 Å². The Balaban J connectivity index is 3.70. The van der Waals surface area contributed by atoms with Gasteiger partial charge in [0.25, 0.3) is 0 Å². The Labute approximate surface area is 77.9 Å².